The molecular weight excluding hydrogens is 280 g/mol. The first kappa shape index (κ1) is 15.1. The number of amides is 2. The van der Waals surface area contributed by atoms with E-state index in [2.05, 4.69) is 16.6 Å². The van der Waals surface area contributed by atoms with Crippen LogP contribution in [0.4, 0.5) is 4.79 Å². The van der Waals surface area contributed by atoms with Gasteiger partial charge in [0.1, 0.15) is 12.4 Å². The minimum absolute atomic E-state index is 0.320. The third-order valence-corrected chi connectivity index (χ3v) is 2.80. The molecule has 6 heteroatoms. The fourth-order valence-corrected chi connectivity index (χ4v) is 1.74. The summed E-state index contributed by atoms with van der Waals surface area (Å²) < 4.78 is 5.65. The van der Waals surface area contributed by atoms with Crippen LogP contribution < -0.4 is 15.9 Å². The van der Waals surface area contributed by atoms with E-state index < -0.39 is 6.03 Å². The first-order valence-corrected chi connectivity index (χ1v) is 6.48. The molecule has 2 aromatic rings. The van der Waals surface area contributed by atoms with Crippen LogP contribution in [0.3, 0.4) is 0 Å². The molecule has 0 heterocycles. The van der Waals surface area contributed by atoms with Crippen molar-refractivity contribution in [1.82, 2.24) is 5.43 Å². The summed E-state index contributed by atoms with van der Waals surface area (Å²) in [5.74, 6) is 0.674. The molecule has 6 nitrogen and oxygen atoms in total. The van der Waals surface area contributed by atoms with E-state index in [4.69, 9.17) is 15.7 Å². The number of nitrogens with one attached hydrogen (secondary N) is 1. The van der Waals surface area contributed by atoms with Crippen molar-refractivity contribution in [2.75, 3.05) is 0 Å². The largest absolute Gasteiger partial charge is 0.489 e. The molecular formula is C16H14N4O2. The molecule has 0 saturated heterocycles. The summed E-state index contributed by atoms with van der Waals surface area (Å²) in [6, 6.07) is 15.8. The van der Waals surface area contributed by atoms with Gasteiger partial charge in [-0.2, -0.15) is 10.4 Å². The van der Waals surface area contributed by atoms with Crippen molar-refractivity contribution in [3.05, 3.63) is 65.2 Å². The SMILES string of the molecule is N#Cc1ccccc1COc1ccc(/C=N\NC(N)=O)cc1. The van der Waals surface area contributed by atoms with Crippen molar-refractivity contribution in [2.45, 2.75) is 6.61 Å². The second kappa shape index (κ2) is 7.45. The average Bonchev–Trinajstić information content (AvgIpc) is 2.54. The number of hydrazone groups is 1. The smallest absolute Gasteiger partial charge is 0.332 e. The molecule has 2 rings (SSSR count). The number of rotatable bonds is 5. The minimum atomic E-state index is -0.715. The maximum Gasteiger partial charge on any atom is 0.332 e. The van der Waals surface area contributed by atoms with Crippen molar-refractivity contribution in [3.63, 3.8) is 0 Å². The van der Waals surface area contributed by atoms with E-state index in [1.54, 1.807) is 30.3 Å². The van der Waals surface area contributed by atoms with Gasteiger partial charge in [0.15, 0.2) is 0 Å². The van der Waals surface area contributed by atoms with Crippen LogP contribution in [0.5, 0.6) is 5.75 Å². The zero-order valence-electron chi connectivity index (χ0n) is 11.7. The molecule has 3 N–H and O–H groups in total. The van der Waals surface area contributed by atoms with Gasteiger partial charge in [0.25, 0.3) is 0 Å². The first-order chi connectivity index (χ1) is 10.7. The second-order valence-electron chi connectivity index (χ2n) is 4.36. The van der Waals surface area contributed by atoms with Crippen LogP contribution in [0.25, 0.3) is 0 Å². The zero-order valence-corrected chi connectivity index (χ0v) is 11.7. The number of benzene rings is 2. The summed E-state index contributed by atoms with van der Waals surface area (Å²) in [6.45, 7) is 0.320. The standard InChI is InChI=1S/C16H14N4O2/c17-9-13-3-1-2-4-14(13)11-22-15-7-5-12(6-8-15)10-19-20-16(18)21/h1-8,10H,11H2,(H3,18,20,21)/b19-10-. The highest BCUT2D eigenvalue weighted by atomic mass is 16.5. The highest BCUT2D eigenvalue weighted by Gasteiger charge is 2.01. The number of hydrogen-bond donors (Lipinski definition) is 2. The molecule has 0 radical (unpaired) electrons. The van der Waals surface area contributed by atoms with E-state index in [1.807, 2.05) is 18.2 Å². The third-order valence-electron chi connectivity index (χ3n) is 2.80. The van der Waals surface area contributed by atoms with Gasteiger partial charge >= 0.3 is 6.03 Å². The maximum absolute atomic E-state index is 10.5. The molecule has 2 amide bonds. The quantitative estimate of drug-likeness (QED) is 0.652. The van der Waals surface area contributed by atoms with Crippen molar-refractivity contribution in [1.29, 1.82) is 5.26 Å². The molecule has 0 aliphatic rings. The Morgan fingerprint density at radius 2 is 2.00 bits per heavy atom. The Hall–Kier alpha value is -3.33. The molecule has 0 saturated carbocycles. The average molecular weight is 294 g/mol. The normalized spacial score (nSPS) is 10.1. The Labute approximate surface area is 127 Å². The first-order valence-electron chi connectivity index (χ1n) is 6.48. The van der Waals surface area contributed by atoms with E-state index in [0.717, 1.165) is 11.1 Å². The molecule has 110 valence electrons. The highest BCUT2D eigenvalue weighted by molar-refractivity contribution is 5.81. The molecule has 0 fully saturated rings. The molecule has 22 heavy (non-hydrogen) atoms. The lowest BCUT2D eigenvalue weighted by Gasteiger charge is -2.07. The van der Waals surface area contributed by atoms with Crippen molar-refractivity contribution < 1.29 is 9.53 Å². The highest BCUT2D eigenvalue weighted by Crippen LogP contribution is 2.15. The fourth-order valence-electron chi connectivity index (χ4n) is 1.74. The van der Waals surface area contributed by atoms with Gasteiger partial charge in [-0.1, -0.05) is 18.2 Å². The number of urea groups is 1. The second-order valence-corrected chi connectivity index (χ2v) is 4.36. The Morgan fingerprint density at radius 3 is 2.68 bits per heavy atom. The van der Waals surface area contributed by atoms with Gasteiger partial charge in [-0.3, -0.25) is 0 Å². The van der Waals surface area contributed by atoms with Crippen LogP contribution in [0, 0.1) is 11.3 Å². The van der Waals surface area contributed by atoms with Crippen LogP contribution in [-0.4, -0.2) is 12.2 Å². The van der Waals surface area contributed by atoms with Gasteiger partial charge in [-0.25, -0.2) is 10.2 Å². The topological polar surface area (TPSA) is 100 Å². The zero-order chi connectivity index (χ0) is 15.8. The summed E-state index contributed by atoms with van der Waals surface area (Å²) in [4.78, 5) is 10.5. The van der Waals surface area contributed by atoms with Crippen LogP contribution >= 0.6 is 0 Å². The van der Waals surface area contributed by atoms with E-state index in [-0.39, 0.29) is 0 Å². The van der Waals surface area contributed by atoms with Crippen LogP contribution in [0.1, 0.15) is 16.7 Å². The van der Waals surface area contributed by atoms with E-state index in [9.17, 15) is 4.79 Å². The number of nitrogens with two attached hydrogens (primary N) is 1. The molecule has 0 aliphatic carbocycles. The molecule has 0 aromatic heterocycles. The van der Waals surface area contributed by atoms with Crippen molar-refractivity contribution >= 4 is 12.2 Å². The van der Waals surface area contributed by atoms with Gasteiger partial charge in [0.05, 0.1) is 17.8 Å². The number of nitrogens with zero attached hydrogens (tertiary/aromatic N) is 2. The lowest BCUT2D eigenvalue weighted by atomic mass is 10.1. The Balaban J connectivity index is 1.96. The van der Waals surface area contributed by atoms with Crippen molar-refractivity contribution in [3.8, 4) is 11.8 Å². The molecule has 0 aliphatic heterocycles. The molecule has 2 aromatic carbocycles. The molecule has 0 atom stereocenters. The predicted molar refractivity (Wildman–Crippen MR) is 82.2 cm³/mol. The molecule has 0 bridgehead atoms. The summed E-state index contributed by atoms with van der Waals surface area (Å²) in [6.07, 6.45) is 1.47. The van der Waals surface area contributed by atoms with Gasteiger partial charge in [-0.15, -0.1) is 0 Å². The van der Waals surface area contributed by atoms with E-state index in [1.165, 1.54) is 6.21 Å². The van der Waals surface area contributed by atoms with Gasteiger partial charge in [0.2, 0.25) is 0 Å². The predicted octanol–water partition coefficient (Wildman–Crippen LogP) is 2.14. The van der Waals surface area contributed by atoms with Gasteiger partial charge in [-0.05, 0) is 35.9 Å². The number of carbonyl (C=O) groups is 1. The number of hydrogen-bond acceptors (Lipinski definition) is 4. The number of primary amides is 1. The van der Waals surface area contributed by atoms with Crippen LogP contribution in [0.15, 0.2) is 53.6 Å². The minimum Gasteiger partial charge on any atom is -0.489 e. The maximum atomic E-state index is 10.5. The summed E-state index contributed by atoms with van der Waals surface area (Å²) >= 11 is 0. The summed E-state index contributed by atoms with van der Waals surface area (Å²) in [5.41, 5.74) is 9.23. The van der Waals surface area contributed by atoms with E-state index in [0.29, 0.717) is 17.9 Å². The summed E-state index contributed by atoms with van der Waals surface area (Å²) in [7, 11) is 0. The van der Waals surface area contributed by atoms with E-state index >= 15 is 0 Å². The Bertz CT molecular complexity index is 718. The number of nitriles is 1. The van der Waals surface area contributed by atoms with Gasteiger partial charge in [0, 0.05) is 5.56 Å². The lowest BCUT2D eigenvalue weighted by Crippen LogP contribution is -2.24. The van der Waals surface area contributed by atoms with Crippen molar-refractivity contribution in [2.24, 2.45) is 10.8 Å². The number of ether oxygens (including phenoxy) is 1. The Kier molecular flexibility index (Phi) is 5.10. The molecule has 0 spiro atoms. The Morgan fingerprint density at radius 1 is 1.27 bits per heavy atom. The summed E-state index contributed by atoms with van der Waals surface area (Å²) in [5, 5.41) is 12.7. The number of carbonyl (C=O) groups excluding carboxylic acids is 1. The monoisotopic (exact) mass is 294 g/mol. The van der Waals surface area contributed by atoms with Gasteiger partial charge < -0.3 is 10.5 Å². The van der Waals surface area contributed by atoms with Crippen LogP contribution in [-0.2, 0) is 6.61 Å². The lowest BCUT2D eigenvalue weighted by molar-refractivity contribution is 0.249. The fraction of sp³-hybridized carbons (Fsp3) is 0.0625. The molecule has 0 unspecified atom stereocenters. The van der Waals surface area contributed by atoms with Crippen LogP contribution in [0.2, 0.25) is 0 Å². The third kappa shape index (κ3) is 4.35.